The van der Waals surface area contributed by atoms with Crippen LogP contribution in [0.5, 0.6) is 0 Å². The molecule has 1 saturated heterocycles. The fraction of sp³-hybridized carbons (Fsp3) is 0.417. The van der Waals surface area contributed by atoms with E-state index in [4.69, 9.17) is 28.0 Å². The predicted octanol–water partition coefficient (Wildman–Crippen LogP) is 4.26. The van der Waals surface area contributed by atoms with Crippen LogP contribution in [0, 0.1) is 0 Å². The van der Waals surface area contributed by atoms with Gasteiger partial charge in [0.25, 0.3) is 0 Å². The molecule has 0 aromatic heterocycles. The van der Waals surface area contributed by atoms with Crippen LogP contribution in [0.3, 0.4) is 0 Å². The first-order valence-corrected chi connectivity index (χ1v) is 11.1. The van der Waals surface area contributed by atoms with E-state index in [1.54, 1.807) is 9.91 Å². The molecule has 4 N–H and O–H groups in total. The number of amidine groups is 1. The van der Waals surface area contributed by atoms with Crippen molar-refractivity contribution >= 4 is 23.5 Å². The first kappa shape index (κ1) is 23.9. The van der Waals surface area contributed by atoms with Crippen molar-refractivity contribution < 1.29 is 9.53 Å². The molecule has 7 nitrogen and oxygen atoms in total. The first-order chi connectivity index (χ1) is 15.1. The predicted molar refractivity (Wildman–Crippen MR) is 128 cm³/mol. The SMILES string of the molecule is CC(C)(C)OC(=O)N1CCC(/C(=N/N)N(N)Cc2ccc(Cl)cc2)(c2ccccc2)CC1. The lowest BCUT2D eigenvalue weighted by Crippen LogP contribution is -2.56. The van der Waals surface area contributed by atoms with Gasteiger partial charge in [-0.25, -0.2) is 10.6 Å². The number of amides is 1. The van der Waals surface area contributed by atoms with Crippen molar-refractivity contribution in [3.63, 3.8) is 0 Å². The van der Waals surface area contributed by atoms with Gasteiger partial charge in [-0.3, -0.25) is 5.01 Å². The molecule has 172 valence electrons. The summed E-state index contributed by atoms with van der Waals surface area (Å²) in [5.74, 6) is 13.0. The Labute approximate surface area is 194 Å². The van der Waals surface area contributed by atoms with Gasteiger partial charge in [-0.05, 0) is 56.9 Å². The summed E-state index contributed by atoms with van der Waals surface area (Å²) >= 11 is 6.01. The number of likely N-dealkylation sites (tertiary alicyclic amines) is 1. The molecule has 0 bridgehead atoms. The molecule has 1 fully saturated rings. The van der Waals surface area contributed by atoms with E-state index in [1.807, 2.05) is 63.2 Å². The molecule has 0 atom stereocenters. The van der Waals surface area contributed by atoms with Crippen LogP contribution in [-0.4, -0.2) is 40.5 Å². The molecule has 8 heteroatoms. The number of hydrogen-bond donors (Lipinski definition) is 2. The number of hydrazone groups is 1. The Morgan fingerprint density at radius 2 is 1.72 bits per heavy atom. The van der Waals surface area contributed by atoms with E-state index in [0.29, 0.717) is 43.3 Å². The second-order valence-corrected chi connectivity index (χ2v) is 9.56. The number of nitrogens with two attached hydrogens (primary N) is 2. The summed E-state index contributed by atoms with van der Waals surface area (Å²) in [7, 11) is 0. The van der Waals surface area contributed by atoms with Crippen molar-refractivity contribution in [2.75, 3.05) is 13.1 Å². The van der Waals surface area contributed by atoms with Crippen LogP contribution in [-0.2, 0) is 16.7 Å². The highest BCUT2D eigenvalue weighted by atomic mass is 35.5. The molecule has 1 amide bonds. The van der Waals surface area contributed by atoms with Crippen molar-refractivity contribution in [2.45, 2.75) is 51.2 Å². The molecule has 0 unspecified atom stereocenters. The smallest absolute Gasteiger partial charge is 0.410 e. The highest BCUT2D eigenvalue weighted by Gasteiger charge is 2.44. The molecule has 1 aliphatic heterocycles. The first-order valence-electron chi connectivity index (χ1n) is 10.7. The van der Waals surface area contributed by atoms with E-state index >= 15 is 0 Å². The molecule has 1 heterocycles. The monoisotopic (exact) mass is 457 g/mol. The number of nitrogens with zero attached hydrogens (tertiary/aromatic N) is 3. The number of piperidine rings is 1. The molecule has 0 spiro atoms. The lowest BCUT2D eigenvalue weighted by molar-refractivity contribution is 0.0185. The van der Waals surface area contributed by atoms with Crippen LogP contribution in [0.15, 0.2) is 59.7 Å². The van der Waals surface area contributed by atoms with Gasteiger partial charge in [0.05, 0.1) is 12.0 Å². The number of carbonyl (C=O) groups excluding carboxylic acids is 1. The van der Waals surface area contributed by atoms with Crippen LogP contribution in [0.1, 0.15) is 44.7 Å². The summed E-state index contributed by atoms with van der Waals surface area (Å²) in [4.78, 5) is 14.3. The molecule has 2 aromatic carbocycles. The van der Waals surface area contributed by atoms with E-state index in [-0.39, 0.29) is 6.09 Å². The van der Waals surface area contributed by atoms with E-state index in [1.165, 1.54) is 0 Å². The molecule has 32 heavy (non-hydrogen) atoms. The summed E-state index contributed by atoms with van der Waals surface area (Å²) in [6, 6.07) is 17.6. The molecular weight excluding hydrogens is 426 g/mol. The van der Waals surface area contributed by atoms with Crippen LogP contribution in [0.4, 0.5) is 4.79 Å². The molecule has 1 aliphatic rings. The number of carbonyl (C=O) groups is 1. The van der Waals surface area contributed by atoms with Crippen LogP contribution >= 0.6 is 11.6 Å². The molecule has 0 saturated carbocycles. The average Bonchev–Trinajstić information content (AvgIpc) is 2.75. The fourth-order valence-electron chi connectivity index (χ4n) is 4.13. The van der Waals surface area contributed by atoms with Crippen molar-refractivity contribution in [1.82, 2.24) is 9.91 Å². The summed E-state index contributed by atoms with van der Waals surface area (Å²) < 4.78 is 5.56. The third-order valence-corrected chi connectivity index (χ3v) is 5.94. The molecule has 2 aromatic rings. The van der Waals surface area contributed by atoms with Gasteiger partial charge in [-0.1, -0.05) is 54.1 Å². The largest absolute Gasteiger partial charge is 0.444 e. The van der Waals surface area contributed by atoms with Gasteiger partial charge in [0.15, 0.2) is 0 Å². The fourth-order valence-corrected chi connectivity index (χ4v) is 4.26. The molecular formula is C24H32ClN5O2. The highest BCUT2D eigenvalue weighted by molar-refractivity contribution is 6.30. The van der Waals surface area contributed by atoms with Crippen LogP contribution in [0.2, 0.25) is 5.02 Å². The molecule has 0 aliphatic carbocycles. The standard InChI is InChI=1S/C24H32ClN5O2/c1-23(2,3)32-22(31)29-15-13-24(14-16-29,19-7-5-4-6-8-19)21(28-26)30(27)17-18-9-11-20(25)12-10-18/h4-12H,13-17,26-27H2,1-3H3/b28-21-. The van der Waals surface area contributed by atoms with Crippen LogP contribution < -0.4 is 11.7 Å². The highest BCUT2D eigenvalue weighted by Crippen LogP contribution is 2.38. The summed E-state index contributed by atoms with van der Waals surface area (Å²) in [6.07, 6.45) is 0.942. The van der Waals surface area contributed by atoms with Gasteiger partial charge in [0, 0.05) is 18.1 Å². The number of benzene rings is 2. The van der Waals surface area contributed by atoms with E-state index < -0.39 is 11.0 Å². The third kappa shape index (κ3) is 5.53. The lowest BCUT2D eigenvalue weighted by atomic mass is 9.71. The Bertz CT molecular complexity index is 933. The van der Waals surface area contributed by atoms with Crippen molar-refractivity contribution in [3.05, 3.63) is 70.7 Å². The van der Waals surface area contributed by atoms with Crippen molar-refractivity contribution in [1.29, 1.82) is 0 Å². The Morgan fingerprint density at radius 1 is 1.12 bits per heavy atom. The van der Waals surface area contributed by atoms with Gasteiger partial charge in [-0.2, -0.15) is 5.10 Å². The second kappa shape index (κ2) is 9.79. The van der Waals surface area contributed by atoms with Gasteiger partial charge in [-0.15, -0.1) is 0 Å². The summed E-state index contributed by atoms with van der Waals surface area (Å²) in [5, 5.41) is 6.42. The maximum atomic E-state index is 12.6. The van der Waals surface area contributed by atoms with Gasteiger partial charge in [0.1, 0.15) is 11.4 Å². The number of ether oxygens (including phenoxy) is 1. The number of rotatable bonds is 4. The molecule has 0 radical (unpaired) electrons. The zero-order valence-corrected chi connectivity index (χ0v) is 19.7. The zero-order valence-electron chi connectivity index (χ0n) is 18.9. The molecule has 3 rings (SSSR count). The third-order valence-electron chi connectivity index (χ3n) is 5.68. The quantitative estimate of drug-likeness (QED) is 0.309. The minimum absolute atomic E-state index is 0.309. The Balaban J connectivity index is 1.86. The van der Waals surface area contributed by atoms with Crippen molar-refractivity contribution in [2.24, 2.45) is 16.8 Å². The van der Waals surface area contributed by atoms with E-state index in [2.05, 4.69) is 17.2 Å². The maximum Gasteiger partial charge on any atom is 0.410 e. The van der Waals surface area contributed by atoms with E-state index in [0.717, 1.165) is 11.1 Å². The summed E-state index contributed by atoms with van der Waals surface area (Å²) in [5.41, 5.74) is 1.00. The lowest BCUT2D eigenvalue weighted by Gasteiger charge is -2.44. The maximum absolute atomic E-state index is 12.6. The van der Waals surface area contributed by atoms with Gasteiger partial charge < -0.3 is 15.5 Å². The van der Waals surface area contributed by atoms with E-state index in [9.17, 15) is 4.79 Å². The number of halogens is 1. The minimum atomic E-state index is -0.540. The Hall–Kier alpha value is -2.77. The zero-order chi connectivity index (χ0) is 23.4. The number of hydrogen-bond acceptors (Lipinski definition) is 5. The van der Waals surface area contributed by atoms with Crippen LogP contribution in [0.25, 0.3) is 0 Å². The normalized spacial score (nSPS) is 16.5. The second-order valence-electron chi connectivity index (χ2n) is 9.12. The summed E-state index contributed by atoms with van der Waals surface area (Å²) in [6.45, 7) is 7.05. The number of hydrazine groups is 1. The average molecular weight is 458 g/mol. The Kier molecular flexibility index (Phi) is 7.31. The van der Waals surface area contributed by atoms with Gasteiger partial charge >= 0.3 is 6.09 Å². The minimum Gasteiger partial charge on any atom is -0.444 e. The Morgan fingerprint density at radius 3 is 2.25 bits per heavy atom. The van der Waals surface area contributed by atoms with Crippen molar-refractivity contribution in [3.8, 4) is 0 Å². The topological polar surface area (TPSA) is 97.2 Å². The van der Waals surface area contributed by atoms with Gasteiger partial charge in [0.2, 0.25) is 0 Å².